The van der Waals surface area contributed by atoms with Gasteiger partial charge in [-0.2, -0.15) is 9.50 Å². The van der Waals surface area contributed by atoms with E-state index >= 15 is 0 Å². The molecule has 7 nitrogen and oxygen atoms in total. The highest BCUT2D eigenvalue weighted by atomic mass is 79.9. The van der Waals surface area contributed by atoms with Crippen molar-refractivity contribution in [3.8, 4) is 17.1 Å². The number of anilines is 1. The fourth-order valence-electron chi connectivity index (χ4n) is 3.81. The molecule has 1 aliphatic heterocycles. The van der Waals surface area contributed by atoms with Crippen LogP contribution in [0.2, 0.25) is 0 Å². The molecule has 0 unspecified atom stereocenters. The minimum atomic E-state index is -0.330. The highest BCUT2D eigenvalue weighted by Crippen LogP contribution is 2.37. The lowest BCUT2D eigenvalue weighted by atomic mass is 10.1. The van der Waals surface area contributed by atoms with Gasteiger partial charge in [0.2, 0.25) is 4.96 Å². The van der Waals surface area contributed by atoms with E-state index in [1.807, 2.05) is 42.5 Å². The molecule has 0 bridgehead atoms. The average molecular weight is 511 g/mol. The van der Waals surface area contributed by atoms with Crippen LogP contribution in [0.3, 0.4) is 0 Å². The summed E-state index contributed by atoms with van der Waals surface area (Å²) in [6, 6.07) is 13.1. The summed E-state index contributed by atoms with van der Waals surface area (Å²) < 4.78 is 7.69. The standard InChI is InChI=1S/C23H19BrN4O3S/c1-3-4-11-27-17-10-7-14(24)12-16(17)18(21(27)29)19-22(30)28-23(32-19)25-20(26-28)13-5-8-15(31-2)9-6-13/h5-10,12H,3-4,11H2,1-2H3. The van der Waals surface area contributed by atoms with Crippen molar-refractivity contribution in [3.05, 3.63) is 67.4 Å². The average Bonchev–Trinajstić information content (AvgIpc) is 3.43. The predicted octanol–water partition coefficient (Wildman–Crippen LogP) is 3.65. The van der Waals surface area contributed by atoms with Crippen LogP contribution in [-0.4, -0.2) is 34.2 Å². The lowest BCUT2D eigenvalue weighted by Crippen LogP contribution is -2.33. The van der Waals surface area contributed by atoms with Crippen molar-refractivity contribution in [3.63, 3.8) is 0 Å². The molecule has 0 atom stereocenters. The number of benzene rings is 2. The van der Waals surface area contributed by atoms with Gasteiger partial charge in [0.15, 0.2) is 5.82 Å². The van der Waals surface area contributed by atoms with Gasteiger partial charge in [-0.1, -0.05) is 40.6 Å². The SMILES string of the molecule is CCCCN1C(=O)C(=c2sc3nc(-c4ccc(OC)cc4)nn3c2=O)c2cc(Br)ccc21. The number of halogens is 1. The van der Waals surface area contributed by atoms with Crippen molar-refractivity contribution in [2.24, 2.45) is 0 Å². The van der Waals surface area contributed by atoms with E-state index in [4.69, 9.17) is 4.74 Å². The monoisotopic (exact) mass is 510 g/mol. The van der Waals surface area contributed by atoms with Crippen LogP contribution < -0.4 is 19.7 Å². The first-order valence-corrected chi connectivity index (χ1v) is 11.8. The number of hydrogen-bond acceptors (Lipinski definition) is 6. The highest BCUT2D eigenvalue weighted by Gasteiger charge is 2.34. The van der Waals surface area contributed by atoms with E-state index in [1.165, 1.54) is 15.9 Å². The first-order valence-electron chi connectivity index (χ1n) is 10.2. The zero-order valence-electron chi connectivity index (χ0n) is 17.5. The van der Waals surface area contributed by atoms with Crippen LogP contribution in [0.4, 0.5) is 5.69 Å². The minimum Gasteiger partial charge on any atom is -0.497 e. The van der Waals surface area contributed by atoms with Gasteiger partial charge in [0.05, 0.1) is 18.4 Å². The topological polar surface area (TPSA) is 76.8 Å². The van der Waals surface area contributed by atoms with Gasteiger partial charge in [-0.3, -0.25) is 9.59 Å². The summed E-state index contributed by atoms with van der Waals surface area (Å²) in [7, 11) is 1.60. The number of methoxy groups -OCH3 is 1. The summed E-state index contributed by atoms with van der Waals surface area (Å²) in [4.78, 5) is 33.4. The predicted molar refractivity (Wildman–Crippen MR) is 128 cm³/mol. The van der Waals surface area contributed by atoms with Gasteiger partial charge in [0, 0.05) is 22.1 Å². The van der Waals surface area contributed by atoms with Crippen LogP contribution in [0.1, 0.15) is 25.3 Å². The molecule has 0 radical (unpaired) electrons. The minimum absolute atomic E-state index is 0.150. The number of nitrogens with zero attached hydrogens (tertiary/aromatic N) is 4. The molecule has 1 amide bonds. The maximum Gasteiger partial charge on any atom is 0.291 e. The zero-order valence-corrected chi connectivity index (χ0v) is 19.9. The van der Waals surface area contributed by atoms with Crippen molar-refractivity contribution in [1.82, 2.24) is 14.6 Å². The number of amides is 1. The van der Waals surface area contributed by atoms with Gasteiger partial charge in [-0.15, -0.1) is 5.10 Å². The van der Waals surface area contributed by atoms with Gasteiger partial charge in [0.1, 0.15) is 10.3 Å². The number of rotatable bonds is 5. The molecular weight excluding hydrogens is 492 g/mol. The van der Waals surface area contributed by atoms with Crippen LogP contribution >= 0.6 is 27.3 Å². The Morgan fingerprint density at radius 2 is 1.91 bits per heavy atom. The number of aromatic nitrogens is 3. The summed E-state index contributed by atoms with van der Waals surface area (Å²) in [6.07, 6.45) is 1.86. The first-order chi connectivity index (χ1) is 15.5. The number of thiazole rings is 1. The summed E-state index contributed by atoms with van der Waals surface area (Å²) in [6.45, 7) is 2.70. The van der Waals surface area contributed by atoms with E-state index in [-0.39, 0.29) is 11.5 Å². The molecule has 0 saturated heterocycles. The Morgan fingerprint density at radius 3 is 2.59 bits per heavy atom. The van der Waals surface area contributed by atoms with Crippen LogP contribution in [0.25, 0.3) is 21.9 Å². The van der Waals surface area contributed by atoms with Crippen molar-refractivity contribution < 1.29 is 9.53 Å². The molecule has 0 N–H and O–H groups in total. The molecule has 4 aromatic rings. The molecule has 5 rings (SSSR count). The highest BCUT2D eigenvalue weighted by molar-refractivity contribution is 9.10. The third-order valence-corrected chi connectivity index (χ3v) is 6.97. The summed E-state index contributed by atoms with van der Waals surface area (Å²) in [5.41, 5.74) is 2.47. The quantitative estimate of drug-likeness (QED) is 0.409. The molecule has 9 heteroatoms. The second-order valence-corrected chi connectivity index (χ2v) is 9.33. The Bertz CT molecular complexity index is 1460. The smallest absolute Gasteiger partial charge is 0.291 e. The molecule has 2 aromatic heterocycles. The molecule has 162 valence electrons. The van der Waals surface area contributed by atoms with E-state index in [0.717, 1.165) is 39.9 Å². The number of fused-ring (bicyclic) bond motifs is 2. The van der Waals surface area contributed by atoms with E-state index in [0.29, 0.717) is 27.4 Å². The van der Waals surface area contributed by atoms with E-state index < -0.39 is 0 Å². The second-order valence-electron chi connectivity index (χ2n) is 7.44. The zero-order chi connectivity index (χ0) is 22.4. The Kier molecular flexibility index (Phi) is 5.30. The van der Waals surface area contributed by atoms with E-state index in [1.54, 1.807) is 12.0 Å². The fourth-order valence-corrected chi connectivity index (χ4v) is 5.17. The molecule has 3 heterocycles. The Morgan fingerprint density at radius 1 is 1.12 bits per heavy atom. The molecule has 0 spiro atoms. The molecule has 32 heavy (non-hydrogen) atoms. The number of hydrogen-bond donors (Lipinski definition) is 0. The van der Waals surface area contributed by atoms with E-state index in [9.17, 15) is 9.59 Å². The van der Waals surface area contributed by atoms with Crippen LogP contribution in [0.5, 0.6) is 5.75 Å². The Labute approximate surface area is 196 Å². The van der Waals surface area contributed by atoms with Gasteiger partial charge >= 0.3 is 0 Å². The van der Waals surface area contributed by atoms with Crippen molar-refractivity contribution in [1.29, 1.82) is 0 Å². The summed E-state index contributed by atoms with van der Waals surface area (Å²) >= 11 is 4.69. The number of carbonyl (C=O) groups is 1. The van der Waals surface area contributed by atoms with Crippen LogP contribution in [0, 0.1) is 0 Å². The molecular formula is C23H19BrN4O3S. The van der Waals surface area contributed by atoms with Gasteiger partial charge in [-0.05, 0) is 48.9 Å². The molecule has 0 aliphatic carbocycles. The van der Waals surface area contributed by atoms with Gasteiger partial charge in [0.25, 0.3) is 11.5 Å². The summed E-state index contributed by atoms with van der Waals surface area (Å²) in [5, 5.41) is 4.41. The maximum absolute atomic E-state index is 13.4. The van der Waals surface area contributed by atoms with Crippen molar-refractivity contribution in [2.45, 2.75) is 19.8 Å². The largest absolute Gasteiger partial charge is 0.497 e. The first kappa shape index (κ1) is 20.8. The Balaban J connectivity index is 1.66. The maximum atomic E-state index is 13.4. The molecule has 0 saturated carbocycles. The van der Waals surface area contributed by atoms with Crippen LogP contribution in [-0.2, 0) is 4.79 Å². The number of unbranched alkanes of at least 4 members (excludes halogenated alkanes) is 1. The number of ether oxygens (including phenoxy) is 1. The van der Waals surface area contributed by atoms with Gasteiger partial charge in [-0.25, -0.2) is 0 Å². The lowest BCUT2D eigenvalue weighted by Gasteiger charge is -2.16. The molecule has 0 fully saturated rings. The molecule has 1 aliphatic rings. The van der Waals surface area contributed by atoms with E-state index in [2.05, 4.69) is 32.9 Å². The number of carbonyl (C=O) groups excluding carboxylic acids is 1. The van der Waals surface area contributed by atoms with Gasteiger partial charge < -0.3 is 9.64 Å². The Hall–Kier alpha value is -3.04. The molecule has 2 aromatic carbocycles. The van der Waals surface area contributed by atoms with Crippen LogP contribution in [0.15, 0.2) is 51.7 Å². The summed E-state index contributed by atoms with van der Waals surface area (Å²) in [5.74, 6) is 1.04. The van der Waals surface area contributed by atoms with Crippen molar-refractivity contribution >= 4 is 49.4 Å². The fraction of sp³-hybridized carbons (Fsp3) is 0.217. The third-order valence-electron chi connectivity index (χ3n) is 5.45. The normalized spacial score (nSPS) is 15.0. The lowest BCUT2D eigenvalue weighted by molar-refractivity contribution is -0.113. The third kappa shape index (κ3) is 3.32. The second kappa shape index (κ2) is 8.14. The van der Waals surface area contributed by atoms with Crippen molar-refractivity contribution in [2.75, 3.05) is 18.6 Å².